The van der Waals surface area contributed by atoms with Crippen LogP contribution in [-0.4, -0.2) is 14.8 Å². The van der Waals surface area contributed by atoms with Crippen LogP contribution in [0.15, 0.2) is 4.79 Å². The summed E-state index contributed by atoms with van der Waals surface area (Å²) in [6.07, 6.45) is 0.621. The van der Waals surface area contributed by atoms with Crippen LogP contribution in [0, 0.1) is 6.92 Å². The molecule has 0 aliphatic carbocycles. The van der Waals surface area contributed by atoms with Gasteiger partial charge in [-0.3, -0.25) is 4.79 Å². The smallest absolute Gasteiger partial charge is 0.254 e. The highest BCUT2D eigenvalue weighted by Crippen LogP contribution is 2.28. The van der Waals surface area contributed by atoms with E-state index in [1.54, 1.807) is 4.68 Å². The predicted octanol–water partition coefficient (Wildman–Crippen LogP) is 2.83. The quantitative estimate of drug-likeness (QED) is 0.895. The monoisotopic (exact) mass is 253 g/mol. The van der Waals surface area contributed by atoms with Crippen LogP contribution >= 0.6 is 11.6 Å². The Bertz CT molecular complexity index is 625. The average Bonchev–Trinajstić information content (AvgIpc) is 2.56. The van der Waals surface area contributed by atoms with Crippen molar-refractivity contribution in [2.24, 2.45) is 0 Å². The predicted molar refractivity (Wildman–Crippen MR) is 69.9 cm³/mol. The second kappa shape index (κ2) is 4.18. The van der Waals surface area contributed by atoms with E-state index in [1.165, 1.54) is 0 Å². The van der Waals surface area contributed by atoms with Crippen LogP contribution in [0.5, 0.6) is 0 Å². The van der Waals surface area contributed by atoms with E-state index < -0.39 is 0 Å². The summed E-state index contributed by atoms with van der Waals surface area (Å²) < 4.78 is 1.80. The van der Waals surface area contributed by atoms with Crippen molar-refractivity contribution in [1.82, 2.24) is 14.8 Å². The van der Waals surface area contributed by atoms with E-state index in [9.17, 15) is 4.79 Å². The molecule has 0 radical (unpaired) electrons. The SMILES string of the molecule is CCc1c(Cl)c2c(C)nn(C(C)C)c2[nH]c1=O. The van der Waals surface area contributed by atoms with Gasteiger partial charge >= 0.3 is 0 Å². The number of H-pyrrole nitrogens is 1. The molecule has 2 aromatic rings. The van der Waals surface area contributed by atoms with E-state index >= 15 is 0 Å². The summed E-state index contributed by atoms with van der Waals surface area (Å²) in [4.78, 5) is 14.8. The van der Waals surface area contributed by atoms with Gasteiger partial charge in [0, 0.05) is 11.6 Å². The molecule has 0 fully saturated rings. The van der Waals surface area contributed by atoms with Gasteiger partial charge in [-0.2, -0.15) is 5.10 Å². The van der Waals surface area contributed by atoms with Gasteiger partial charge in [0.2, 0.25) is 0 Å². The summed E-state index contributed by atoms with van der Waals surface area (Å²) in [5, 5.41) is 5.82. The van der Waals surface area contributed by atoms with E-state index in [1.807, 2.05) is 27.7 Å². The minimum atomic E-state index is -0.119. The molecule has 0 aliphatic heterocycles. The zero-order chi connectivity index (χ0) is 12.7. The number of hydrogen-bond donors (Lipinski definition) is 1. The Morgan fingerprint density at radius 3 is 2.65 bits per heavy atom. The Kier molecular flexibility index (Phi) is 3.00. The maximum Gasteiger partial charge on any atom is 0.254 e. The lowest BCUT2D eigenvalue weighted by molar-refractivity contribution is 0.542. The fraction of sp³-hybridized carbons (Fsp3) is 0.500. The maximum absolute atomic E-state index is 11.9. The number of halogens is 1. The molecule has 2 aromatic heterocycles. The molecule has 0 aromatic carbocycles. The first kappa shape index (κ1) is 12.2. The van der Waals surface area contributed by atoms with Gasteiger partial charge in [-0.25, -0.2) is 4.68 Å². The van der Waals surface area contributed by atoms with Crippen molar-refractivity contribution in [2.75, 3.05) is 0 Å². The lowest BCUT2D eigenvalue weighted by atomic mass is 10.1. The third-order valence-corrected chi connectivity index (χ3v) is 3.34. The molecule has 0 spiro atoms. The van der Waals surface area contributed by atoms with Gasteiger partial charge < -0.3 is 4.98 Å². The van der Waals surface area contributed by atoms with Gasteiger partial charge in [0.05, 0.1) is 16.1 Å². The minimum absolute atomic E-state index is 0.119. The van der Waals surface area contributed by atoms with Crippen molar-refractivity contribution >= 4 is 22.6 Å². The van der Waals surface area contributed by atoms with E-state index in [4.69, 9.17) is 11.6 Å². The molecule has 92 valence electrons. The molecule has 0 amide bonds. The maximum atomic E-state index is 11.9. The number of nitrogens with one attached hydrogen (secondary N) is 1. The van der Waals surface area contributed by atoms with Crippen molar-refractivity contribution in [3.05, 3.63) is 26.6 Å². The van der Waals surface area contributed by atoms with E-state index in [0.29, 0.717) is 22.7 Å². The highest BCUT2D eigenvalue weighted by Gasteiger charge is 2.17. The van der Waals surface area contributed by atoms with Gasteiger partial charge in [-0.1, -0.05) is 18.5 Å². The number of aromatic nitrogens is 3. The Hall–Kier alpha value is -1.29. The summed E-state index contributed by atoms with van der Waals surface area (Å²) in [6.45, 7) is 7.87. The van der Waals surface area contributed by atoms with Gasteiger partial charge in [-0.05, 0) is 27.2 Å². The number of hydrogen-bond acceptors (Lipinski definition) is 2. The molecule has 0 atom stereocenters. The fourth-order valence-corrected chi connectivity index (χ4v) is 2.50. The fourth-order valence-electron chi connectivity index (χ4n) is 2.05. The number of pyridine rings is 1. The van der Waals surface area contributed by atoms with Crippen LogP contribution in [0.2, 0.25) is 5.02 Å². The normalized spacial score (nSPS) is 11.6. The van der Waals surface area contributed by atoms with Crippen molar-refractivity contribution in [2.45, 2.75) is 40.2 Å². The van der Waals surface area contributed by atoms with E-state index in [0.717, 1.165) is 11.1 Å². The zero-order valence-electron chi connectivity index (χ0n) is 10.5. The molecular weight excluding hydrogens is 238 g/mol. The molecule has 1 N–H and O–H groups in total. The van der Waals surface area contributed by atoms with Gasteiger partial charge in [0.15, 0.2) is 0 Å². The topological polar surface area (TPSA) is 50.7 Å². The lowest BCUT2D eigenvalue weighted by Crippen LogP contribution is -2.15. The minimum Gasteiger partial charge on any atom is -0.306 e. The first-order valence-electron chi connectivity index (χ1n) is 5.76. The highest BCUT2D eigenvalue weighted by atomic mass is 35.5. The third-order valence-electron chi connectivity index (χ3n) is 2.92. The molecule has 0 saturated heterocycles. The van der Waals surface area contributed by atoms with Crippen LogP contribution in [-0.2, 0) is 6.42 Å². The molecule has 2 rings (SSSR count). The van der Waals surface area contributed by atoms with Gasteiger partial charge in [0.1, 0.15) is 5.65 Å². The summed E-state index contributed by atoms with van der Waals surface area (Å²) in [5.74, 6) is 0. The number of aromatic amines is 1. The number of rotatable bonds is 2. The average molecular weight is 254 g/mol. The second-order valence-corrected chi connectivity index (χ2v) is 4.83. The lowest BCUT2D eigenvalue weighted by Gasteiger charge is -2.07. The Morgan fingerprint density at radius 2 is 2.12 bits per heavy atom. The molecule has 2 heterocycles. The molecule has 4 nitrogen and oxygen atoms in total. The Balaban J connectivity index is 2.93. The summed E-state index contributed by atoms with van der Waals surface area (Å²) in [6, 6.07) is 0.186. The first-order valence-corrected chi connectivity index (χ1v) is 6.14. The van der Waals surface area contributed by atoms with Crippen molar-refractivity contribution in [3.8, 4) is 0 Å². The molecule has 0 saturated carbocycles. The summed E-state index contributed by atoms with van der Waals surface area (Å²) in [7, 11) is 0. The van der Waals surface area contributed by atoms with Crippen molar-refractivity contribution in [3.63, 3.8) is 0 Å². The van der Waals surface area contributed by atoms with Crippen molar-refractivity contribution < 1.29 is 0 Å². The molecule has 5 heteroatoms. The molecule has 17 heavy (non-hydrogen) atoms. The van der Waals surface area contributed by atoms with E-state index in [-0.39, 0.29) is 11.6 Å². The van der Waals surface area contributed by atoms with Crippen LogP contribution in [0.1, 0.15) is 38.1 Å². The second-order valence-electron chi connectivity index (χ2n) is 4.45. The zero-order valence-corrected chi connectivity index (χ0v) is 11.2. The first-order chi connectivity index (χ1) is 7.97. The standard InChI is InChI=1S/C12H16ClN3O/c1-5-8-10(13)9-7(4)15-16(6(2)3)11(9)14-12(8)17/h6H,5H2,1-4H3,(H,14,17). The number of nitrogens with zero attached hydrogens (tertiary/aromatic N) is 2. The van der Waals surface area contributed by atoms with Gasteiger partial charge in [0.25, 0.3) is 5.56 Å². The Labute approximate surface area is 105 Å². The highest BCUT2D eigenvalue weighted by molar-refractivity contribution is 6.36. The van der Waals surface area contributed by atoms with Gasteiger partial charge in [-0.15, -0.1) is 0 Å². The van der Waals surface area contributed by atoms with E-state index in [2.05, 4.69) is 10.1 Å². The largest absolute Gasteiger partial charge is 0.306 e. The molecule has 0 bridgehead atoms. The number of fused-ring (bicyclic) bond motifs is 1. The summed E-state index contributed by atoms with van der Waals surface area (Å²) >= 11 is 6.30. The van der Waals surface area contributed by atoms with Crippen molar-refractivity contribution in [1.29, 1.82) is 0 Å². The van der Waals surface area contributed by atoms with Crippen LogP contribution in [0.4, 0.5) is 0 Å². The molecule has 0 unspecified atom stereocenters. The molecular formula is C12H16ClN3O. The van der Waals surface area contributed by atoms with Crippen LogP contribution in [0.3, 0.4) is 0 Å². The summed E-state index contributed by atoms with van der Waals surface area (Å²) in [5.41, 5.74) is 2.08. The molecule has 0 aliphatic rings. The van der Waals surface area contributed by atoms with Crippen LogP contribution < -0.4 is 5.56 Å². The third kappa shape index (κ3) is 1.76. The number of aryl methyl sites for hydroxylation is 1. The Morgan fingerprint density at radius 1 is 1.47 bits per heavy atom. The van der Waals surface area contributed by atoms with Crippen LogP contribution in [0.25, 0.3) is 11.0 Å².